The largest absolute Gasteiger partial charge is 0.481 e. The predicted octanol–water partition coefficient (Wildman–Crippen LogP) is -0.0809. The van der Waals surface area contributed by atoms with Gasteiger partial charge in [-0.05, 0) is 32.4 Å². The first-order valence-corrected chi connectivity index (χ1v) is 5.73. The molecule has 2 aliphatic rings. The number of hydrogen-bond acceptors (Lipinski definition) is 3. The number of carbonyl (C=O) groups is 2. The van der Waals surface area contributed by atoms with Crippen LogP contribution in [-0.2, 0) is 9.59 Å². The highest BCUT2D eigenvalue weighted by Gasteiger charge is 2.42. The van der Waals surface area contributed by atoms with Crippen LogP contribution in [0.1, 0.15) is 19.8 Å². The highest BCUT2D eigenvalue weighted by Crippen LogP contribution is 2.30. The van der Waals surface area contributed by atoms with Gasteiger partial charge in [-0.2, -0.15) is 0 Å². The molecule has 2 rings (SSSR count). The summed E-state index contributed by atoms with van der Waals surface area (Å²) in [5.41, 5.74) is -0.743. The Hall–Kier alpha value is -1.10. The van der Waals surface area contributed by atoms with E-state index in [-0.39, 0.29) is 5.91 Å². The normalized spacial score (nSPS) is 30.2. The van der Waals surface area contributed by atoms with Crippen molar-refractivity contribution < 1.29 is 14.7 Å². The summed E-state index contributed by atoms with van der Waals surface area (Å²) in [5.74, 6) is -0.242. The molecule has 0 aromatic rings. The lowest BCUT2D eigenvalue weighted by Crippen LogP contribution is -2.45. The predicted molar refractivity (Wildman–Crippen MR) is 57.9 cm³/mol. The Labute approximate surface area is 94.8 Å². The van der Waals surface area contributed by atoms with Crippen molar-refractivity contribution in [1.29, 1.82) is 0 Å². The standard InChI is InChI=1S/C11H18N2O3/c1-11(10(15)16)2-3-13(7-11)9(14)4-8-5-12-6-8/h8,12H,2-7H2,1H3,(H,15,16). The second-order valence-corrected chi connectivity index (χ2v) is 5.16. The van der Waals surface area contributed by atoms with Crippen molar-refractivity contribution in [3.63, 3.8) is 0 Å². The molecule has 2 fully saturated rings. The monoisotopic (exact) mass is 226 g/mol. The molecule has 5 nitrogen and oxygen atoms in total. The van der Waals surface area contributed by atoms with Crippen molar-refractivity contribution in [2.45, 2.75) is 19.8 Å². The number of nitrogens with zero attached hydrogens (tertiary/aromatic N) is 1. The number of amides is 1. The van der Waals surface area contributed by atoms with E-state index in [4.69, 9.17) is 5.11 Å². The van der Waals surface area contributed by atoms with E-state index < -0.39 is 11.4 Å². The molecule has 0 aromatic carbocycles. The summed E-state index contributed by atoms with van der Waals surface area (Å²) in [7, 11) is 0. The number of rotatable bonds is 3. The van der Waals surface area contributed by atoms with Crippen LogP contribution in [0.3, 0.4) is 0 Å². The van der Waals surface area contributed by atoms with Gasteiger partial charge in [0.25, 0.3) is 0 Å². The molecule has 90 valence electrons. The Balaban J connectivity index is 1.87. The molecule has 16 heavy (non-hydrogen) atoms. The number of hydrogen-bond donors (Lipinski definition) is 2. The maximum absolute atomic E-state index is 11.9. The van der Waals surface area contributed by atoms with E-state index in [1.54, 1.807) is 11.8 Å². The zero-order chi connectivity index (χ0) is 11.8. The Morgan fingerprint density at radius 3 is 2.62 bits per heavy atom. The maximum Gasteiger partial charge on any atom is 0.311 e. The number of carboxylic acid groups (broad SMARTS) is 1. The van der Waals surface area contributed by atoms with E-state index in [9.17, 15) is 9.59 Å². The van der Waals surface area contributed by atoms with Gasteiger partial charge in [0.1, 0.15) is 0 Å². The Morgan fingerprint density at radius 2 is 2.19 bits per heavy atom. The van der Waals surface area contributed by atoms with Gasteiger partial charge in [-0.3, -0.25) is 9.59 Å². The number of carbonyl (C=O) groups excluding carboxylic acids is 1. The smallest absolute Gasteiger partial charge is 0.311 e. The van der Waals surface area contributed by atoms with Crippen LogP contribution in [0.4, 0.5) is 0 Å². The molecule has 0 spiro atoms. The lowest BCUT2D eigenvalue weighted by molar-refractivity contribution is -0.147. The van der Waals surface area contributed by atoms with E-state index in [2.05, 4.69) is 5.32 Å². The van der Waals surface area contributed by atoms with Crippen LogP contribution >= 0.6 is 0 Å². The molecular weight excluding hydrogens is 208 g/mol. The molecular formula is C11H18N2O3. The molecule has 2 saturated heterocycles. The summed E-state index contributed by atoms with van der Waals surface area (Å²) >= 11 is 0. The van der Waals surface area contributed by atoms with Crippen LogP contribution < -0.4 is 5.32 Å². The molecule has 1 amide bonds. The van der Waals surface area contributed by atoms with Crippen LogP contribution in [0.15, 0.2) is 0 Å². The minimum absolute atomic E-state index is 0.108. The minimum atomic E-state index is -0.798. The maximum atomic E-state index is 11.9. The molecule has 2 N–H and O–H groups in total. The van der Waals surface area contributed by atoms with Crippen LogP contribution in [0.25, 0.3) is 0 Å². The average molecular weight is 226 g/mol. The first-order chi connectivity index (χ1) is 7.51. The third-order valence-electron chi connectivity index (χ3n) is 3.67. The molecule has 1 unspecified atom stereocenters. The molecule has 1 atom stereocenters. The van der Waals surface area contributed by atoms with Crippen LogP contribution in [0.5, 0.6) is 0 Å². The summed E-state index contributed by atoms with van der Waals surface area (Å²) < 4.78 is 0. The third kappa shape index (κ3) is 2.04. The topological polar surface area (TPSA) is 69.6 Å². The zero-order valence-corrected chi connectivity index (χ0v) is 9.53. The van der Waals surface area contributed by atoms with Crippen molar-refractivity contribution in [3.8, 4) is 0 Å². The van der Waals surface area contributed by atoms with Crippen molar-refractivity contribution in [2.75, 3.05) is 26.2 Å². The van der Waals surface area contributed by atoms with Gasteiger partial charge in [0.05, 0.1) is 5.41 Å². The number of likely N-dealkylation sites (tertiary alicyclic amines) is 1. The van der Waals surface area contributed by atoms with E-state index in [0.717, 1.165) is 13.1 Å². The highest BCUT2D eigenvalue weighted by molar-refractivity contribution is 5.80. The first-order valence-electron chi connectivity index (χ1n) is 5.73. The molecule has 0 aromatic heterocycles. The van der Waals surface area contributed by atoms with Gasteiger partial charge in [-0.15, -0.1) is 0 Å². The summed E-state index contributed by atoms with van der Waals surface area (Å²) in [5, 5.41) is 12.2. The molecule has 2 aliphatic heterocycles. The highest BCUT2D eigenvalue weighted by atomic mass is 16.4. The molecule has 0 saturated carbocycles. The molecule has 2 heterocycles. The fraction of sp³-hybridized carbons (Fsp3) is 0.818. The van der Waals surface area contributed by atoms with E-state index >= 15 is 0 Å². The van der Waals surface area contributed by atoms with Crippen LogP contribution in [-0.4, -0.2) is 48.1 Å². The summed E-state index contributed by atoms with van der Waals surface area (Å²) in [6.07, 6.45) is 1.12. The first kappa shape index (κ1) is 11.4. The molecule has 0 radical (unpaired) electrons. The Morgan fingerprint density at radius 1 is 1.50 bits per heavy atom. The van der Waals surface area contributed by atoms with Gasteiger partial charge in [-0.1, -0.05) is 0 Å². The molecule has 0 aliphatic carbocycles. The van der Waals surface area contributed by atoms with Gasteiger partial charge in [-0.25, -0.2) is 0 Å². The Kier molecular flexibility index (Phi) is 2.88. The van der Waals surface area contributed by atoms with E-state index in [1.807, 2.05) is 0 Å². The summed E-state index contributed by atoms with van der Waals surface area (Å²) in [6.45, 7) is 4.49. The van der Waals surface area contributed by atoms with Gasteiger partial charge < -0.3 is 15.3 Å². The molecule has 5 heteroatoms. The van der Waals surface area contributed by atoms with Crippen LogP contribution in [0, 0.1) is 11.3 Å². The second-order valence-electron chi connectivity index (χ2n) is 5.16. The molecule has 0 bridgehead atoms. The average Bonchev–Trinajstić information content (AvgIpc) is 2.56. The second kappa shape index (κ2) is 4.05. The van der Waals surface area contributed by atoms with Gasteiger partial charge >= 0.3 is 5.97 Å². The quantitative estimate of drug-likeness (QED) is 0.706. The van der Waals surface area contributed by atoms with Crippen LogP contribution in [0.2, 0.25) is 0 Å². The van der Waals surface area contributed by atoms with Gasteiger partial charge in [0, 0.05) is 19.5 Å². The van der Waals surface area contributed by atoms with Crippen molar-refractivity contribution in [2.24, 2.45) is 11.3 Å². The number of carboxylic acids is 1. The lowest BCUT2D eigenvalue weighted by Gasteiger charge is -2.28. The number of aliphatic carboxylic acids is 1. The summed E-state index contributed by atoms with van der Waals surface area (Å²) in [4.78, 5) is 24.6. The van der Waals surface area contributed by atoms with Crippen molar-refractivity contribution in [3.05, 3.63) is 0 Å². The minimum Gasteiger partial charge on any atom is -0.481 e. The van der Waals surface area contributed by atoms with Gasteiger partial charge in [0.15, 0.2) is 0 Å². The summed E-state index contributed by atoms with van der Waals surface area (Å²) in [6, 6.07) is 0. The third-order valence-corrected chi connectivity index (χ3v) is 3.67. The van der Waals surface area contributed by atoms with Gasteiger partial charge in [0.2, 0.25) is 5.91 Å². The zero-order valence-electron chi connectivity index (χ0n) is 9.53. The van der Waals surface area contributed by atoms with Crippen molar-refractivity contribution >= 4 is 11.9 Å². The Bertz CT molecular complexity index is 314. The SMILES string of the molecule is CC1(C(=O)O)CCN(C(=O)CC2CNC2)C1. The number of nitrogens with one attached hydrogen (secondary N) is 1. The van der Waals surface area contributed by atoms with E-state index in [1.165, 1.54) is 0 Å². The fourth-order valence-corrected chi connectivity index (χ4v) is 2.22. The van der Waals surface area contributed by atoms with Crippen molar-refractivity contribution in [1.82, 2.24) is 10.2 Å². The lowest BCUT2D eigenvalue weighted by atomic mass is 9.90. The fourth-order valence-electron chi connectivity index (χ4n) is 2.22. The van der Waals surface area contributed by atoms with E-state index in [0.29, 0.717) is 31.8 Å².